The molecule has 0 aliphatic rings. The van der Waals surface area contributed by atoms with Crippen molar-refractivity contribution in [2.24, 2.45) is 0 Å². The molecule has 2 amide bonds. The number of rotatable bonds is 9. The third-order valence-electron chi connectivity index (χ3n) is 2.34. The quantitative estimate of drug-likeness (QED) is 0.519. The second kappa shape index (κ2) is 10.1. The number of nitrogens with one attached hydrogen (secondary N) is 2. The Morgan fingerprint density at radius 1 is 1.12 bits per heavy atom. The Morgan fingerprint density at radius 3 is 2.41 bits per heavy atom. The van der Waals surface area contributed by atoms with Gasteiger partial charge in [-0.05, 0) is 26.2 Å². The topological polar surface area (TPSA) is 78.4 Å². The van der Waals surface area contributed by atoms with E-state index in [1.54, 1.807) is 6.92 Å². The second-order valence-electron chi connectivity index (χ2n) is 4.28. The van der Waals surface area contributed by atoms with Crippen LogP contribution < -0.4 is 10.6 Å². The lowest BCUT2D eigenvalue weighted by Crippen LogP contribution is -2.26. The molecule has 0 aliphatic carbocycles. The Bertz CT molecular complexity index is 230. The molecule has 0 rings (SSSR count). The van der Waals surface area contributed by atoms with Gasteiger partial charge in [0.2, 0.25) is 11.8 Å². The maximum absolute atomic E-state index is 11.3. The van der Waals surface area contributed by atoms with E-state index in [1.165, 1.54) is 6.92 Å². The van der Waals surface area contributed by atoms with Gasteiger partial charge in [0, 0.05) is 26.4 Å². The molecule has 0 heterocycles. The monoisotopic (exact) mass is 244 g/mol. The molecule has 1 unspecified atom stereocenters. The van der Waals surface area contributed by atoms with Gasteiger partial charge in [0.25, 0.3) is 0 Å². The Kier molecular flexibility index (Phi) is 9.43. The van der Waals surface area contributed by atoms with Crippen LogP contribution in [0, 0.1) is 0 Å². The zero-order chi connectivity index (χ0) is 13.1. The fourth-order valence-corrected chi connectivity index (χ4v) is 1.36. The molecule has 0 saturated carbocycles. The summed E-state index contributed by atoms with van der Waals surface area (Å²) in [5, 5.41) is 14.5. The number of hydrogen-bond donors (Lipinski definition) is 3. The number of carbonyl (C=O) groups excluding carboxylic acids is 2. The molecule has 0 radical (unpaired) electrons. The van der Waals surface area contributed by atoms with Crippen LogP contribution in [0.4, 0.5) is 0 Å². The molecule has 1 atom stereocenters. The Labute approximate surface area is 103 Å². The van der Waals surface area contributed by atoms with Crippen molar-refractivity contribution >= 4 is 11.8 Å². The van der Waals surface area contributed by atoms with Crippen LogP contribution in [0.5, 0.6) is 0 Å². The minimum atomic E-state index is -0.368. The summed E-state index contributed by atoms with van der Waals surface area (Å²) in [5.74, 6) is 0.0195. The molecular formula is C12H24N2O3. The highest BCUT2D eigenvalue weighted by molar-refractivity contribution is 5.75. The van der Waals surface area contributed by atoms with E-state index in [0.29, 0.717) is 25.9 Å². The van der Waals surface area contributed by atoms with Crippen molar-refractivity contribution in [3.05, 3.63) is 0 Å². The molecular weight excluding hydrogens is 220 g/mol. The average molecular weight is 244 g/mol. The number of hydrogen-bond acceptors (Lipinski definition) is 3. The standard InChI is InChI=1S/C12H24N2O3/c1-10(15)7-9-14-12(17)6-4-3-5-8-13-11(2)16/h10,15H,3-9H2,1-2H3,(H,13,16)(H,14,17). The van der Waals surface area contributed by atoms with Crippen molar-refractivity contribution in [2.45, 2.75) is 52.1 Å². The van der Waals surface area contributed by atoms with Crippen molar-refractivity contribution in [2.75, 3.05) is 13.1 Å². The fraction of sp³-hybridized carbons (Fsp3) is 0.833. The minimum absolute atomic E-state index is 0.0131. The molecule has 0 bridgehead atoms. The summed E-state index contributed by atoms with van der Waals surface area (Å²) < 4.78 is 0. The van der Waals surface area contributed by atoms with Gasteiger partial charge in [-0.1, -0.05) is 6.42 Å². The number of carbonyl (C=O) groups is 2. The van der Waals surface area contributed by atoms with Crippen LogP contribution in [0.3, 0.4) is 0 Å². The van der Waals surface area contributed by atoms with E-state index < -0.39 is 0 Å². The summed E-state index contributed by atoms with van der Waals surface area (Å²) >= 11 is 0. The third kappa shape index (κ3) is 12.8. The van der Waals surface area contributed by atoms with Crippen LogP contribution in [0.2, 0.25) is 0 Å². The van der Waals surface area contributed by atoms with Crippen LogP contribution in [0.15, 0.2) is 0 Å². The highest BCUT2D eigenvalue weighted by atomic mass is 16.3. The number of unbranched alkanes of at least 4 members (excludes halogenated alkanes) is 2. The van der Waals surface area contributed by atoms with Crippen molar-refractivity contribution in [1.82, 2.24) is 10.6 Å². The number of aliphatic hydroxyl groups is 1. The van der Waals surface area contributed by atoms with E-state index in [9.17, 15) is 9.59 Å². The first-order valence-corrected chi connectivity index (χ1v) is 6.21. The van der Waals surface area contributed by atoms with Crippen molar-refractivity contribution < 1.29 is 14.7 Å². The van der Waals surface area contributed by atoms with Gasteiger partial charge in [0.1, 0.15) is 0 Å². The smallest absolute Gasteiger partial charge is 0.219 e. The van der Waals surface area contributed by atoms with E-state index in [1.807, 2.05) is 0 Å². The highest BCUT2D eigenvalue weighted by Crippen LogP contribution is 1.99. The maximum Gasteiger partial charge on any atom is 0.219 e. The van der Waals surface area contributed by atoms with E-state index in [4.69, 9.17) is 5.11 Å². The molecule has 17 heavy (non-hydrogen) atoms. The maximum atomic E-state index is 11.3. The molecule has 0 fully saturated rings. The lowest BCUT2D eigenvalue weighted by atomic mass is 10.2. The summed E-state index contributed by atoms with van der Waals surface area (Å²) in [6.45, 7) is 4.41. The molecule has 5 heteroatoms. The second-order valence-corrected chi connectivity index (χ2v) is 4.28. The zero-order valence-corrected chi connectivity index (χ0v) is 10.8. The van der Waals surface area contributed by atoms with Gasteiger partial charge in [0.15, 0.2) is 0 Å². The first-order chi connectivity index (χ1) is 8.02. The first kappa shape index (κ1) is 15.9. The van der Waals surface area contributed by atoms with E-state index in [0.717, 1.165) is 19.3 Å². The van der Waals surface area contributed by atoms with Gasteiger partial charge in [-0.15, -0.1) is 0 Å². The van der Waals surface area contributed by atoms with Gasteiger partial charge in [-0.2, -0.15) is 0 Å². The van der Waals surface area contributed by atoms with E-state index in [-0.39, 0.29) is 17.9 Å². The first-order valence-electron chi connectivity index (χ1n) is 6.21. The molecule has 0 aromatic heterocycles. The van der Waals surface area contributed by atoms with Crippen LogP contribution in [0.25, 0.3) is 0 Å². The Morgan fingerprint density at radius 2 is 1.82 bits per heavy atom. The number of aliphatic hydroxyl groups excluding tert-OH is 1. The highest BCUT2D eigenvalue weighted by Gasteiger charge is 2.01. The predicted molar refractivity (Wildman–Crippen MR) is 66.5 cm³/mol. The molecule has 0 aliphatic heterocycles. The molecule has 0 spiro atoms. The minimum Gasteiger partial charge on any atom is -0.393 e. The van der Waals surface area contributed by atoms with Gasteiger partial charge in [0.05, 0.1) is 6.10 Å². The van der Waals surface area contributed by atoms with Crippen LogP contribution in [0.1, 0.15) is 46.0 Å². The summed E-state index contributed by atoms with van der Waals surface area (Å²) in [4.78, 5) is 21.9. The normalized spacial score (nSPS) is 11.9. The van der Waals surface area contributed by atoms with Crippen LogP contribution in [-0.2, 0) is 9.59 Å². The van der Waals surface area contributed by atoms with Gasteiger partial charge in [-0.25, -0.2) is 0 Å². The molecule has 0 saturated heterocycles. The average Bonchev–Trinajstić information content (AvgIpc) is 2.22. The lowest BCUT2D eigenvalue weighted by molar-refractivity contribution is -0.121. The largest absolute Gasteiger partial charge is 0.393 e. The van der Waals surface area contributed by atoms with Crippen molar-refractivity contribution in [1.29, 1.82) is 0 Å². The Hall–Kier alpha value is -1.10. The molecule has 0 aromatic carbocycles. The fourth-order valence-electron chi connectivity index (χ4n) is 1.36. The van der Waals surface area contributed by atoms with E-state index >= 15 is 0 Å². The summed E-state index contributed by atoms with van der Waals surface area (Å²) in [6, 6.07) is 0. The summed E-state index contributed by atoms with van der Waals surface area (Å²) in [6.07, 6.45) is 3.41. The third-order valence-corrected chi connectivity index (χ3v) is 2.34. The molecule has 3 N–H and O–H groups in total. The number of amides is 2. The SMILES string of the molecule is CC(=O)NCCCCCC(=O)NCCC(C)O. The van der Waals surface area contributed by atoms with Gasteiger partial charge >= 0.3 is 0 Å². The van der Waals surface area contributed by atoms with Gasteiger partial charge in [-0.3, -0.25) is 9.59 Å². The van der Waals surface area contributed by atoms with Crippen LogP contribution in [-0.4, -0.2) is 36.1 Å². The van der Waals surface area contributed by atoms with Crippen molar-refractivity contribution in [3.63, 3.8) is 0 Å². The lowest BCUT2D eigenvalue weighted by Gasteiger charge is -2.06. The summed E-state index contributed by atoms with van der Waals surface area (Å²) in [5.41, 5.74) is 0. The molecule has 5 nitrogen and oxygen atoms in total. The van der Waals surface area contributed by atoms with Gasteiger partial charge < -0.3 is 15.7 Å². The van der Waals surface area contributed by atoms with Crippen molar-refractivity contribution in [3.8, 4) is 0 Å². The van der Waals surface area contributed by atoms with Crippen LogP contribution >= 0.6 is 0 Å². The summed E-state index contributed by atoms with van der Waals surface area (Å²) in [7, 11) is 0. The van der Waals surface area contributed by atoms with E-state index in [2.05, 4.69) is 10.6 Å². The predicted octanol–water partition coefficient (Wildman–Crippen LogP) is 0.570. The molecule has 0 aromatic rings. The Balaban J connectivity index is 3.24. The zero-order valence-electron chi connectivity index (χ0n) is 10.8. The molecule has 100 valence electrons.